The Balaban J connectivity index is 2.71. The van der Waals surface area contributed by atoms with Crippen LogP contribution >= 0.6 is 11.6 Å². The summed E-state index contributed by atoms with van der Waals surface area (Å²) in [6.45, 7) is 0.286. The van der Waals surface area contributed by atoms with E-state index in [1.165, 1.54) is 12.1 Å². The second-order valence-corrected chi connectivity index (χ2v) is 3.47. The zero-order chi connectivity index (χ0) is 10.6. The molecule has 0 aliphatic rings. The normalized spacial score (nSPS) is 12.9. The number of hydrogen-bond donors (Lipinski definition) is 1. The van der Waals surface area contributed by atoms with Crippen LogP contribution in [0.4, 0.5) is 8.78 Å². The summed E-state index contributed by atoms with van der Waals surface area (Å²) in [5.74, 6) is -0.510. The highest BCUT2D eigenvalue weighted by Crippen LogP contribution is 2.22. The van der Waals surface area contributed by atoms with Crippen LogP contribution in [0.2, 0.25) is 5.02 Å². The van der Waals surface area contributed by atoms with Gasteiger partial charge >= 0.3 is 0 Å². The molecule has 1 unspecified atom stereocenters. The molecular weight excluding hydrogens is 208 g/mol. The minimum absolute atomic E-state index is 0.00664. The van der Waals surface area contributed by atoms with Gasteiger partial charge in [-0.25, -0.2) is 8.78 Å². The van der Waals surface area contributed by atoms with Crippen LogP contribution in [-0.2, 0) is 6.42 Å². The molecule has 0 amide bonds. The van der Waals surface area contributed by atoms with Crippen molar-refractivity contribution in [2.75, 3.05) is 6.54 Å². The van der Waals surface area contributed by atoms with Crippen LogP contribution in [0.25, 0.3) is 0 Å². The average molecular weight is 220 g/mol. The molecule has 1 nitrogen and oxygen atoms in total. The Kier molecular flexibility index (Phi) is 4.29. The lowest BCUT2D eigenvalue weighted by atomic mass is 10.1. The fourth-order valence-electron chi connectivity index (χ4n) is 1.23. The number of rotatable bonds is 4. The van der Waals surface area contributed by atoms with Crippen LogP contribution < -0.4 is 5.73 Å². The average Bonchev–Trinajstić information content (AvgIpc) is 2.13. The molecule has 4 heteroatoms. The van der Waals surface area contributed by atoms with Gasteiger partial charge in [0.15, 0.2) is 0 Å². The van der Waals surface area contributed by atoms with E-state index in [4.69, 9.17) is 17.3 Å². The van der Waals surface area contributed by atoms with E-state index in [1.54, 1.807) is 6.07 Å². The molecule has 2 N–H and O–H groups in total. The topological polar surface area (TPSA) is 26.0 Å². The zero-order valence-corrected chi connectivity index (χ0v) is 8.40. The summed E-state index contributed by atoms with van der Waals surface area (Å²) in [4.78, 5) is 0. The largest absolute Gasteiger partial charge is 0.330 e. The molecule has 0 aromatic heterocycles. The van der Waals surface area contributed by atoms with Crippen LogP contribution in [-0.4, -0.2) is 12.7 Å². The second-order valence-electron chi connectivity index (χ2n) is 3.09. The highest BCUT2D eigenvalue weighted by Gasteiger charge is 2.11. The zero-order valence-electron chi connectivity index (χ0n) is 7.64. The van der Waals surface area contributed by atoms with Gasteiger partial charge in [-0.1, -0.05) is 23.7 Å². The summed E-state index contributed by atoms with van der Waals surface area (Å²) in [6.07, 6.45) is -0.667. The van der Waals surface area contributed by atoms with Crippen molar-refractivity contribution in [3.05, 3.63) is 34.6 Å². The predicted octanol–water partition coefficient (Wildman–Crippen LogP) is 2.71. The first-order valence-corrected chi connectivity index (χ1v) is 4.80. The molecule has 14 heavy (non-hydrogen) atoms. The van der Waals surface area contributed by atoms with Crippen molar-refractivity contribution in [1.29, 1.82) is 0 Å². The summed E-state index contributed by atoms with van der Waals surface area (Å²) in [5, 5.41) is 0.00664. The Labute approximate surface area is 86.9 Å². The Morgan fingerprint density at radius 1 is 1.43 bits per heavy atom. The number of benzene rings is 1. The third kappa shape index (κ3) is 2.93. The Bertz CT molecular complexity index is 304. The van der Waals surface area contributed by atoms with Crippen molar-refractivity contribution in [3.8, 4) is 0 Å². The molecule has 1 aromatic carbocycles. The quantitative estimate of drug-likeness (QED) is 0.828. The van der Waals surface area contributed by atoms with Crippen molar-refractivity contribution >= 4 is 11.6 Å². The van der Waals surface area contributed by atoms with Crippen LogP contribution in [0.3, 0.4) is 0 Å². The van der Waals surface area contributed by atoms with E-state index in [0.717, 1.165) is 0 Å². The summed E-state index contributed by atoms with van der Waals surface area (Å²) in [7, 11) is 0. The van der Waals surface area contributed by atoms with E-state index >= 15 is 0 Å². The van der Waals surface area contributed by atoms with Crippen LogP contribution in [0, 0.1) is 5.82 Å². The van der Waals surface area contributed by atoms with E-state index in [-0.39, 0.29) is 24.4 Å². The van der Waals surface area contributed by atoms with Gasteiger partial charge in [0.2, 0.25) is 0 Å². The monoisotopic (exact) mass is 219 g/mol. The minimum Gasteiger partial charge on any atom is -0.330 e. The molecule has 0 saturated carbocycles. The first-order valence-electron chi connectivity index (χ1n) is 4.42. The minimum atomic E-state index is -1.06. The number of hydrogen-bond acceptors (Lipinski definition) is 1. The molecule has 0 spiro atoms. The van der Waals surface area contributed by atoms with Crippen molar-refractivity contribution in [1.82, 2.24) is 0 Å². The predicted molar refractivity (Wildman–Crippen MR) is 53.7 cm³/mol. The van der Waals surface area contributed by atoms with Gasteiger partial charge in [-0.15, -0.1) is 0 Å². The molecular formula is C10H12ClF2N. The first kappa shape index (κ1) is 11.4. The summed E-state index contributed by atoms with van der Waals surface area (Å²) in [5.41, 5.74) is 5.70. The van der Waals surface area contributed by atoms with E-state index in [0.29, 0.717) is 5.56 Å². The molecule has 0 fully saturated rings. The second kappa shape index (κ2) is 5.27. The van der Waals surface area contributed by atoms with Gasteiger partial charge in [-0.2, -0.15) is 0 Å². The lowest BCUT2D eigenvalue weighted by Crippen LogP contribution is -2.12. The van der Waals surface area contributed by atoms with E-state index in [1.807, 2.05) is 0 Å². The number of halogens is 3. The molecule has 0 aliphatic carbocycles. The van der Waals surface area contributed by atoms with Crippen LogP contribution in [0.5, 0.6) is 0 Å². The first-order chi connectivity index (χ1) is 6.65. The van der Waals surface area contributed by atoms with Gasteiger partial charge in [0.05, 0.1) is 5.02 Å². The standard InChI is InChI=1S/C10H12ClF2N/c11-10-7(2-1-3-9(10)13)6-8(12)4-5-14/h1-3,8H,4-6,14H2. The van der Waals surface area contributed by atoms with Crippen LogP contribution in [0.15, 0.2) is 18.2 Å². The van der Waals surface area contributed by atoms with Gasteiger partial charge in [0, 0.05) is 6.42 Å². The Morgan fingerprint density at radius 3 is 2.79 bits per heavy atom. The molecule has 0 saturated heterocycles. The van der Waals surface area contributed by atoms with Crippen molar-refractivity contribution in [2.24, 2.45) is 5.73 Å². The van der Waals surface area contributed by atoms with Gasteiger partial charge in [-0.3, -0.25) is 0 Å². The summed E-state index contributed by atoms with van der Waals surface area (Å²) >= 11 is 5.66. The third-order valence-corrected chi connectivity index (χ3v) is 2.38. The van der Waals surface area contributed by atoms with Crippen molar-refractivity contribution < 1.29 is 8.78 Å². The SMILES string of the molecule is NCCC(F)Cc1cccc(F)c1Cl. The van der Waals surface area contributed by atoms with Gasteiger partial charge in [0.1, 0.15) is 12.0 Å². The van der Waals surface area contributed by atoms with Crippen LogP contribution in [0.1, 0.15) is 12.0 Å². The highest BCUT2D eigenvalue weighted by atomic mass is 35.5. The molecule has 1 atom stereocenters. The van der Waals surface area contributed by atoms with Crippen molar-refractivity contribution in [3.63, 3.8) is 0 Å². The van der Waals surface area contributed by atoms with Gasteiger partial charge < -0.3 is 5.73 Å². The molecule has 1 rings (SSSR count). The van der Waals surface area contributed by atoms with E-state index in [2.05, 4.69) is 0 Å². The highest BCUT2D eigenvalue weighted by molar-refractivity contribution is 6.31. The van der Waals surface area contributed by atoms with E-state index < -0.39 is 12.0 Å². The molecule has 1 aromatic rings. The maximum atomic E-state index is 13.1. The lowest BCUT2D eigenvalue weighted by molar-refractivity contribution is 0.316. The third-order valence-electron chi connectivity index (χ3n) is 1.95. The van der Waals surface area contributed by atoms with Gasteiger partial charge in [0.25, 0.3) is 0 Å². The fourth-order valence-corrected chi connectivity index (χ4v) is 1.43. The summed E-state index contributed by atoms with van der Waals surface area (Å²) < 4.78 is 26.1. The molecule has 0 bridgehead atoms. The van der Waals surface area contributed by atoms with Gasteiger partial charge in [-0.05, 0) is 24.6 Å². The molecule has 0 heterocycles. The molecule has 78 valence electrons. The maximum absolute atomic E-state index is 13.1. The fraction of sp³-hybridized carbons (Fsp3) is 0.400. The lowest BCUT2D eigenvalue weighted by Gasteiger charge is -2.08. The smallest absolute Gasteiger partial charge is 0.142 e. The van der Waals surface area contributed by atoms with E-state index in [9.17, 15) is 8.78 Å². The number of nitrogens with two attached hydrogens (primary N) is 1. The maximum Gasteiger partial charge on any atom is 0.142 e. The Morgan fingerprint density at radius 2 is 2.14 bits per heavy atom. The summed E-state index contributed by atoms with van der Waals surface area (Å²) in [6, 6.07) is 4.39. The molecule has 0 radical (unpaired) electrons. The molecule has 0 aliphatic heterocycles. The Hall–Kier alpha value is -0.670. The van der Waals surface area contributed by atoms with Crippen molar-refractivity contribution in [2.45, 2.75) is 19.0 Å². The number of alkyl halides is 1.